The topological polar surface area (TPSA) is 24.4 Å². The predicted octanol–water partition coefficient (Wildman–Crippen LogP) is 2.99. The lowest BCUT2D eigenvalue weighted by atomic mass is 10.0. The van der Waals surface area contributed by atoms with Crippen molar-refractivity contribution in [2.45, 2.75) is 45.7 Å². The third-order valence-corrected chi connectivity index (χ3v) is 4.33. The highest BCUT2D eigenvalue weighted by Gasteiger charge is 2.24. The molecule has 1 unspecified atom stereocenters. The number of amidine groups is 1. The average Bonchev–Trinajstić information content (AvgIpc) is 2.13. The van der Waals surface area contributed by atoms with E-state index >= 15 is 0 Å². The largest absolute Gasteiger partial charge is 0.360 e. The highest BCUT2D eigenvalue weighted by atomic mass is 32.2. The molecule has 0 bridgehead atoms. The van der Waals surface area contributed by atoms with Gasteiger partial charge in [-0.15, -0.1) is 0 Å². The van der Waals surface area contributed by atoms with Crippen LogP contribution in [0.4, 0.5) is 0 Å². The Hall–Kier alpha value is 0.170. The van der Waals surface area contributed by atoms with Crippen molar-refractivity contribution in [1.82, 2.24) is 5.32 Å². The fourth-order valence-corrected chi connectivity index (χ4v) is 3.45. The zero-order valence-corrected chi connectivity index (χ0v) is 11.8. The van der Waals surface area contributed by atoms with Gasteiger partial charge in [0.1, 0.15) is 0 Å². The van der Waals surface area contributed by atoms with Gasteiger partial charge in [-0.25, -0.2) is 0 Å². The third kappa shape index (κ3) is 5.16. The van der Waals surface area contributed by atoms with Crippen molar-refractivity contribution in [3.63, 3.8) is 0 Å². The Labute approximate surface area is 102 Å². The van der Waals surface area contributed by atoms with Crippen LogP contribution >= 0.6 is 23.5 Å². The Kier molecular flexibility index (Phi) is 5.33. The SMILES string of the molecule is CCSCC(C)N=C1NC(C)(C)CCS1. The molecule has 1 N–H and O–H groups in total. The molecule has 0 amide bonds. The van der Waals surface area contributed by atoms with E-state index in [1.807, 2.05) is 23.5 Å². The van der Waals surface area contributed by atoms with Crippen LogP contribution in [-0.2, 0) is 0 Å². The van der Waals surface area contributed by atoms with Crippen LogP contribution in [0.15, 0.2) is 4.99 Å². The summed E-state index contributed by atoms with van der Waals surface area (Å²) >= 11 is 3.82. The van der Waals surface area contributed by atoms with Crippen LogP contribution in [-0.4, -0.2) is 34.0 Å². The summed E-state index contributed by atoms with van der Waals surface area (Å²) in [6.45, 7) is 8.88. The van der Waals surface area contributed by atoms with Gasteiger partial charge in [0.25, 0.3) is 0 Å². The third-order valence-electron chi connectivity index (χ3n) is 2.31. The fraction of sp³-hybridized carbons (Fsp3) is 0.909. The number of rotatable bonds is 4. The van der Waals surface area contributed by atoms with Crippen molar-refractivity contribution >= 4 is 28.7 Å². The van der Waals surface area contributed by atoms with Gasteiger partial charge in [0.05, 0.1) is 6.04 Å². The number of thioether (sulfide) groups is 2. The summed E-state index contributed by atoms with van der Waals surface area (Å²) < 4.78 is 0. The standard InChI is InChI=1S/C11H22N2S2/c1-5-14-8-9(2)12-10-13-11(3,4)6-7-15-10/h9H,5-8H2,1-4H3,(H,12,13). The summed E-state index contributed by atoms with van der Waals surface area (Å²) in [5.74, 6) is 3.50. The molecule has 0 aromatic carbocycles. The summed E-state index contributed by atoms with van der Waals surface area (Å²) in [5, 5.41) is 4.64. The van der Waals surface area contributed by atoms with Gasteiger partial charge in [-0.3, -0.25) is 4.99 Å². The highest BCUT2D eigenvalue weighted by Crippen LogP contribution is 2.22. The van der Waals surface area contributed by atoms with Crippen LogP contribution in [0.5, 0.6) is 0 Å². The lowest BCUT2D eigenvalue weighted by molar-refractivity contribution is 0.445. The molecule has 0 saturated carbocycles. The number of hydrogen-bond acceptors (Lipinski definition) is 3. The van der Waals surface area contributed by atoms with Crippen molar-refractivity contribution in [2.75, 3.05) is 17.3 Å². The Morgan fingerprint density at radius 1 is 1.60 bits per heavy atom. The Bertz CT molecular complexity index is 227. The maximum atomic E-state index is 4.72. The minimum Gasteiger partial charge on any atom is -0.360 e. The molecule has 1 heterocycles. The Morgan fingerprint density at radius 3 is 2.93 bits per heavy atom. The molecule has 1 fully saturated rings. The van der Waals surface area contributed by atoms with Gasteiger partial charge < -0.3 is 5.32 Å². The second-order valence-electron chi connectivity index (χ2n) is 4.55. The van der Waals surface area contributed by atoms with Gasteiger partial charge in [-0.1, -0.05) is 18.7 Å². The fourth-order valence-electron chi connectivity index (χ4n) is 1.39. The highest BCUT2D eigenvalue weighted by molar-refractivity contribution is 8.13. The van der Waals surface area contributed by atoms with E-state index in [4.69, 9.17) is 4.99 Å². The molecule has 0 aromatic heterocycles. The van der Waals surface area contributed by atoms with Crippen LogP contribution < -0.4 is 5.32 Å². The maximum absolute atomic E-state index is 4.72. The molecule has 1 atom stereocenters. The number of aliphatic imine (C=N–C) groups is 1. The summed E-state index contributed by atoms with van der Waals surface area (Å²) in [7, 11) is 0. The number of nitrogens with one attached hydrogen (secondary N) is 1. The molecular weight excluding hydrogens is 224 g/mol. The molecule has 0 aromatic rings. The molecule has 0 spiro atoms. The first kappa shape index (κ1) is 13.2. The summed E-state index contributed by atoms with van der Waals surface area (Å²) in [6, 6.07) is 0.429. The Morgan fingerprint density at radius 2 is 2.33 bits per heavy atom. The van der Waals surface area contributed by atoms with Crippen LogP contribution in [0.1, 0.15) is 34.1 Å². The number of hydrogen-bond donors (Lipinski definition) is 1. The van der Waals surface area contributed by atoms with Crippen molar-refractivity contribution in [2.24, 2.45) is 4.99 Å². The summed E-state index contributed by atoms with van der Waals surface area (Å²) in [5.41, 5.74) is 0.224. The van der Waals surface area contributed by atoms with Gasteiger partial charge in [0.2, 0.25) is 0 Å². The van der Waals surface area contributed by atoms with E-state index in [0.29, 0.717) is 6.04 Å². The zero-order chi connectivity index (χ0) is 11.3. The first-order valence-corrected chi connectivity index (χ1v) is 7.74. The summed E-state index contributed by atoms with van der Waals surface area (Å²) in [4.78, 5) is 4.72. The minimum atomic E-state index is 0.224. The van der Waals surface area contributed by atoms with E-state index in [1.54, 1.807) is 0 Å². The van der Waals surface area contributed by atoms with Gasteiger partial charge in [-0.05, 0) is 32.9 Å². The molecule has 88 valence electrons. The van der Waals surface area contributed by atoms with Crippen LogP contribution in [0, 0.1) is 0 Å². The molecule has 1 rings (SSSR count). The van der Waals surface area contributed by atoms with Crippen molar-refractivity contribution in [1.29, 1.82) is 0 Å². The quantitative estimate of drug-likeness (QED) is 0.825. The van der Waals surface area contributed by atoms with Crippen molar-refractivity contribution in [3.05, 3.63) is 0 Å². The molecule has 4 heteroatoms. The maximum Gasteiger partial charge on any atom is 0.157 e. The minimum absolute atomic E-state index is 0.224. The second-order valence-corrected chi connectivity index (χ2v) is 6.95. The molecule has 1 saturated heterocycles. The molecule has 15 heavy (non-hydrogen) atoms. The van der Waals surface area contributed by atoms with E-state index in [-0.39, 0.29) is 5.54 Å². The zero-order valence-electron chi connectivity index (χ0n) is 10.2. The Balaban J connectivity index is 2.44. The van der Waals surface area contributed by atoms with E-state index in [9.17, 15) is 0 Å². The van der Waals surface area contributed by atoms with E-state index < -0.39 is 0 Å². The van der Waals surface area contributed by atoms with Crippen LogP contribution in [0.3, 0.4) is 0 Å². The van der Waals surface area contributed by atoms with Gasteiger partial charge in [0.15, 0.2) is 5.17 Å². The van der Waals surface area contributed by atoms with Gasteiger partial charge >= 0.3 is 0 Å². The molecule has 0 radical (unpaired) electrons. The average molecular weight is 246 g/mol. The van der Waals surface area contributed by atoms with Crippen molar-refractivity contribution in [3.8, 4) is 0 Å². The van der Waals surface area contributed by atoms with Crippen LogP contribution in [0.2, 0.25) is 0 Å². The first-order chi connectivity index (χ1) is 7.03. The van der Waals surface area contributed by atoms with Crippen LogP contribution in [0.25, 0.3) is 0 Å². The van der Waals surface area contributed by atoms with E-state index in [2.05, 4.69) is 33.0 Å². The monoisotopic (exact) mass is 246 g/mol. The second kappa shape index (κ2) is 6.04. The molecule has 0 aliphatic carbocycles. The molecule has 1 aliphatic heterocycles. The van der Waals surface area contributed by atoms with Gasteiger partial charge in [-0.2, -0.15) is 11.8 Å². The molecule has 1 aliphatic rings. The lowest BCUT2D eigenvalue weighted by Crippen LogP contribution is -2.46. The lowest BCUT2D eigenvalue weighted by Gasteiger charge is -2.32. The predicted molar refractivity (Wildman–Crippen MR) is 74.2 cm³/mol. The van der Waals surface area contributed by atoms with E-state index in [1.165, 1.54) is 17.9 Å². The normalized spacial score (nSPS) is 24.9. The van der Waals surface area contributed by atoms with E-state index in [0.717, 1.165) is 10.9 Å². The smallest absolute Gasteiger partial charge is 0.157 e. The molecular formula is C11H22N2S2. The summed E-state index contributed by atoms with van der Waals surface area (Å²) in [6.07, 6.45) is 1.22. The molecule has 2 nitrogen and oxygen atoms in total. The first-order valence-electron chi connectivity index (χ1n) is 5.60. The van der Waals surface area contributed by atoms with Crippen molar-refractivity contribution < 1.29 is 0 Å². The number of nitrogens with zero attached hydrogens (tertiary/aromatic N) is 1. The van der Waals surface area contributed by atoms with Gasteiger partial charge in [0, 0.05) is 17.0 Å².